The van der Waals surface area contributed by atoms with Crippen LogP contribution in [0.1, 0.15) is 6.42 Å². The Hall–Kier alpha value is -1.03. The lowest BCUT2D eigenvalue weighted by atomic mass is 10.0. The third kappa shape index (κ3) is 2.31. The van der Waals surface area contributed by atoms with Crippen LogP contribution in [0, 0.1) is 0 Å². The summed E-state index contributed by atoms with van der Waals surface area (Å²) in [6.07, 6.45) is 5.80. The Balaban J connectivity index is 1.99. The molecule has 2 aliphatic heterocycles. The van der Waals surface area contributed by atoms with Crippen molar-refractivity contribution >= 4 is 0 Å². The third-order valence-electron chi connectivity index (χ3n) is 3.09. The summed E-state index contributed by atoms with van der Waals surface area (Å²) in [6.45, 7) is 2.14. The van der Waals surface area contributed by atoms with Crippen LogP contribution < -0.4 is 5.73 Å². The van der Waals surface area contributed by atoms with Crippen LogP contribution in [0.5, 0.6) is 0 Å². The fourth-order valence-electron chi connectivity index (χ4n) is 2.24. The van der Waals surface area contributed by atoms with E-state index < -0.39 is 6.17 Å². The van der Waals surface area contributed by atoms with Gasteiger partial charge in [-0.2, -0.15) is 0 Å². The molecule has 0 aliphatic carbocycles. The van der Waals surface area contributed by atoms with Crippen molar-refractivity contribution in [3.63, 3.8) is 0 Å². The van der Waals surface area contributed by atoms with Crippen molar-refractivity contribution in [3.8, 4) is 0 Å². The molecule has 2 heterocycles. The molecule has 2 rings (SSSR count). The summed E-state index contributed by atoms with van der Waals surface area (Å²) in [7, 11) is 1.96. The first-order valence-corrected chi connectivity index (χ1v) is 5.38. The molecule has 4 heteroatoms. The standard InChI is InChI=1S/C11H18FN3/c1-14-6-4-11(10(12)8-14)15-5-2-3-9(13)7-15/h2-3,5,10-11H,4,6-8,13H2,1H3/t10-,11?/m0/s1. The maximum Gasteiger partial charge on any atom is 0.133 e. The number of nitrogens with zero attached hydrogens (tertiary/aromatic N) is 2. The van der Waals surface area contributed by atoms with Gasteiger partial charge in [-0.1, -0.05) is 0 Å². The minimum absolute atomic E-state index is 0.00954. The van der Waals surface area contributed by atoms with Crippen molar-refractivity contribution < 1.29 is 4.39 Å². The van der Waals surface area contributed by atoms with E-state index in [1.54, 1.807) is 0 Å². The highest BCUT2D eigenvalue weighted by atomic mass is 19.1. The molecule has 2 atom stereocenters. The van der Waals surface area contributed by atoms with Gasteiger partial charge in [-0.3, -0.25) is 0 Å². The minimum Gasteiger partial charge on any atom is -0.401 e. The maximum absolute atomic E-state index is 13.8. The Labute approximate surface area is 90.0 Å². The zero-order chi connectivity index (χ0) is 10.8. The molecule has 0 radical (unpaired) electrons. The fourth-order valence-corrected chi connectivity index (χ4v) is 2.24. The monoisotopic (exact) mass is 211 g/mol. The van der Waals surface area contributed by atoms with Crippen molar-refractivity contribution in [3.05, 3.63) is 24.0 Å². The second kappa shape index (κ2) is 4.23. The Kier molecular flexibility index (Phi) is 2.95. The van der Waals surface area contributed by atoms with Gasteiger partial charge in [0, 0.05) is 18.8 Å². The third-order valence-corrected chi connectivity index (χ3v) is 3.09. The number of hydrogen-bond donors (Lipinski definition) is 1. The predicted molar refractivity (Wildman–Crippen MR) is 58.9 cm³/mol. The van der Waals surface area contributed by atoms with Crippen molar-refractivity contribution in [1.82, 2.24) is 9.80 Å². The van der Waals surface area contributed by atoms with E-state index >= 15 is 0 Å². The summed E-state index contributed by atoms with van der Waals surface area (Å²) in [6, 6.07) is -0.00954. The van der Waals surface area contributed by atoms with Gasteiger partial charge in [0.1, 0.15) is 6.17 Å². The second-order valence-electron chi connectivity index (χ2n) is 4.39. The van der Waals surface area contributed by atoms with E-state index in [4.69, 9.17) is 5.73 Å². The molecule has 0 aromatic heterocycles. The van der Waals surface area contributed by atoms with Crippen LogP contribution in [0.25, 0.3) is 0 Å². The van der Waals surface area contributed by atoms with Crippen molar-refractivity contribution in [2.45, 2.75) is 18.6 Å². The maximum atomic E-state index is 13.8. The highest BCUT2D eigenvalue weighted by Gasteiger charge is 2.31. The Bertz CT molecular complexity index is 288. The number of piperidine rings is 1. The molecule has 3 nitrogen and oxygen atoms in total. The molecule has 84 valence electrons. The zero-order valence-corrected chi connectivity index (χ0v) is 9.06. The van der Waals surface area contributed by atoms with E-state index in [1.165, 1.54) is 0 Å². The summed E-state index contributed by atoms with van der Waals surface area (Å²) >= 11 is 0. The quantitative estimate of drug-likeness (QED) is 0.693. The zero-order valence-electron chi connectivity index (χ0n) is 9.06. The van der Waals surface area contributed by atoms with Gasteiger partial charge in [-0.05, 0) is 31.8 Å². The second-order valence-corrected chi connectivity index (χ2v) is 4.39. The topological polar surface area (TPSA) is 32.5 Å². The number of alkyl halides is 1. The smallest absolute Gasteiger partial charge is 0.133 e. The number of halogens is 1. The molecule has 15 heavy (non-hydrogen) atoms. The summed E-state index contributed by atoms with van der Waals surface area (Å²) < 4.78 is 13.8. The molecule has 0 saturated carbocycles. The molecule has 0 aromatic carbocycles. The summed E-state index contributed by atoms with van der Waals surface area (Å²) in [4.78, 5) is 4.06. The van der Waals surface area contributed by atoms with E-state index in [9.17, 15) is 4.39 Å². The lowest BCUT2D eigenvalue weighted by Gasteiger charge is -2.39. The van der Waals surface area contributed by atoms with Crippen LogP contribution in [0.2, 0.25) is 0 Å². The van der Waals surface area contributed by atoms with Gasteiger partial charge in [-0.15, -0.1) is 0 Å². The molecule has 1 saturated heterocycles. The first-order chi connectivity index (χ1) is 7.16. The molecule has 0 bridgehead atoms. The van der Waals surface area contributed by atoms with Gasteiger partial charge >= 0.3 is 0 Å². The Morgan fingerprint density at radius 3 is 3.00 bits per heavy atom. The minimum atomic E-state index is -0.778. The van der Waals surface area contributed by atoms with Crippen LogP contribution in [0.4, 0.5) is 4.39 Å². The lowest BCUT2D eigenvalue weighted by Crippen LogP contribution is -2.50. The number of likely N-dealkylation sites (tertiary alicyclic amines) is 1. The van der Waals surface area contributed by atoms with Gasteiger partial charge in [0.15, 0.2) is 0 Å². The van der Waals surface area contributed by atoms with Crippen LogP contribution in [0.3, 0.4) is 0 Å². The summed E-state index contributed by atoms with van der Waals surface area (Å²) in [5.74, 6) is 0. The highest BCUT2D eigenvalue weighted by molar-refractivity contribution is 5.17. The first kappa shape index (κ1) is 10.5. The van der Waals surface area contributed by atoms with Gasteiger partial charge in [-0.25, -0.2) is 4.39 Å². The molecule has 2 N–H and O–H groups in total. The molecule has 2 aliphatic rings. The van der Waals surface area contributed by atoms with E-state index in [1.807, 2.05) is 35.2 Å². The average molecular weight is 211 g/mol. The van der Waals surface area contributed by atoms with Crippen LogP contribution >= 0.6 is 0 Å². The van der Waals surface area contributed by atoms with E-state index in [-0.39, 0.29) is 6.04 Å². The molecular weight excluding hydrogens is 193 g/mol. The number of rotatable bonds is 1. The SMILES string of the molecule is CN1CCC(N2C=CC=C(N)C2)[C@@H](F)C1. The number of nitrogens with two attached hydrogens (primary N) is 1. The van der Waals surface area contributed by atoms with Gasteiger partial charge in [0.2, 0.25) is 0 Å². The lowest BCUT2D eigenvalue weighted by molar-refractivity contribution is 0.0719. The van der Waals surface area contributed by atoms with Gasteiger partial charge < -0.3 is 15.5 Å². The summed E-state index contributed by atoms with van der Waals surface area (Å²) in [5.41, 5.74) is 6.55. The van der Waals surface area contributed by atoms with E-state index in [0.717, 1.165) is 18.7 Å². The molecule has 0 aromatic rings. The predicted octanol–water partition coefficient (Wildman–Crippen LogP) is 0.701. The molecular formula is C11H18FN3. The summed E-state index contributed by atoms with van der Waals surface area (Å²) in [5, 5.41) is 0. The van der Waals surface area contributed by atoms with Crippen molar-refractivity contribution in [2.24, 2.45) is 5.73 Å². The first-order valence-electron chi connectivity index (χ1n) is 5.38. The van der Waals surface area contributed by atoms with Crippen LogP contribution in [-0.2, 0) is 0 Å². The largest absolute Gasteiger partial charge is 0.401 e. The van der Waals surface area contributed by atoms with Crippen LogP contribution in [0.15, 0.2) is 24.0 Å². The fraction of sp³-hybridized carbons (Fsp3) is 0.636. The normalized spacial score (nSPS) is 32.9. The number of hydrogen-bond acceptors (Lipinski definition) is 3. The molecule has 0 spiro atoms. The van der Waals surface area contributed by atoms with E-state index in [0.29, 0.717) is 13.1 Å². The van der Waals surface area contributed by atoms with Crippen molar-refractivity contribution in [1.29, 1.82) is 0 Å². The number of allylic oxidation sites excluding steroid dienone is 2. The van der Waals surface area contributed by atoms with Crippen molar-refractivity contribution in [2.75, 3.05) is 26.7 Å². The highest BCUT2D eigenvalue weighted by Crippen LogP contribution is 2.21. The molecule has 1 unspecified atom stereocenters. The van der Waals surface area contributed by atoms with Gasteiger partial charge in [0.05, 0.1) is 12.6 Å². The van der Waals surface area contributed by atoms with E-state index in [2.05, 4.69) is 0 Å². The Morgan fingerprint density at radius 2 is 2.33 bits per heavy atom. The van der Waals surface area contributed by atoms with Crippen LogP contribution in [-0.4, -0.2) is 48.7 Å². The molecule has 1 fully saturated rings. The molecule has 0 amide bonds. The average Bonchev–Trinajstić information content (AvgIpc) is 2.17. The Morgan fingerprint density at radius 1 is 1.53 bits per heavy atom. The van der Waals surface area contributed by atoms with Gasteiger partial charge in [0.25, 0.3) is 0 Å².